The molecular formula is C20H23NO5. The van der Waals surface area contributed by atoms with Gasteiger partial charge in [-0.15, -0.1) is 0 Å². The standard InChI is InChI=1S/C20H23NO5/c1-23-16-5-7-17(8-6-16)26-11-10-21-20(22)9-4-15-12-18(24-2)14-19(13-15)25-3/h4-9,12-14H,10-11H2,1-3H3,(H,21,22)/b9-4+. The molecule has 2 rings (SSSR count). The Bertz CT molecular complexity index is 718. The lowest BCUT2D eigenvalue weighted by molar-refractivity contribution is -0.116. The predicted octanol–water partition coefficient (Wildman–Crippen LogP) is 2.92. The van der Waals surface area contributed by atoms with E-state index in [2.05, 4.69) is 5.32 Å². The number of ether oxygens (including phenoxy) is 4. The van der Waals surface area contributed by atoms with Crippen LogP contribution in [0.1, 0.15) is 5.56 Å². The van der Waals surface area contributed by atoms with Gasteiger partial charge in [0.2, 0.25) is 5.91 Å². The van der Waals surface area contributed by atoms with Gasteiger partial charge in [0.05, 0.1) is 27.9 Å². The number of carbonyl (C=O) groups is 1. The summed E-state index contributed by atoms with van der Waals surface area (Å²) in [5.41, 5.74) is 0.811. The second-order valence-corrected chi connectivity index (χ2v) is 5.29. The summed E-state index contributed by atoms with van der Waals surface area (Å²) >= 11 is 0. The van der Waals surface area contributed by atoms with Crippen LogP contribution in [0, 0.1) is 0 Å². The van der Waals surface area contributed by atoms with Gasteiger partial charge in [0.15, 0.2) is 0 Å². The Morgan fingerprint density at radius 3 is 2.04 bits per heavy atom. The number of hydrogen-bond donors (Lipinski definition) is 1. The van der Waals surface area contributed by atoms with Crippen molar-refractivity contribution in [3.05, 3.63) is 54.1 Å². The highest BCUT2D eigenvalue weighted by Crippen LogP contribution is 2.23. The van der Waals surface area contributed by atoms with Crippen LogP contribution in [-0.4, -0.2) is 40.4 Å². The number of hydrogen-bond acceptors (Lipinski definition) is 5. The van der Waals surface area contributed by atoms with Gasteiger partial charge in [-0.1, -0.05) is 0 Å². The van der Waals surface area contributed by atoms with Crippen LogP contribution in [0.2, 0.25) is 0 Å². The first-order valence-corrected chi connectivity index (χ1v) is 8.10. The van der Waals surface area contributed by atoms with Gasteiger partial charge in [-0.2, -0.15) is 0 Å². The fraction of sp³-hybridized carbons (Fsp3) is 0.250. The molecule has 0 aliphatic carbocycles. The second kappa shape index (κ2) is 9.98. The molecule has 0 aromatic heterocycles. The van der Waals surface area contributed by atoms with E-state index in [9.17, 15) is 4.79 Å². The maximum atomic E-state index is 11.9. The molecule has 0 heterocycles. The molecule has 6 heteroatoms. The summed E-state index contributed by atoms with van der Waals surface area (Å²) in [7, 11) is 4.77. The van der Waals surface area contributed by atoms with Crippen LogP contribution in [0.5, 0.6) is 23.0 Å². The Morgan fingerprint density at radius 1 is 0.885 bits per heavy atom. The van der Waals surface area contributed by atoms with Crippen LogP contribution < -0.4 is 24.3 Å². The van der Waals surface area contributed by atoms with Crippen LogP contribution in [0.25, 0.3) is 6.08 Å². The number of carbonyl (C=O) groups excluding carboxylic acids is 1. The van der Waals surface area contributed by atoms with Crippen molar-refractivity contribution < 1.29 is 23.7 Å². The average Bonchev–Trinajstić information content (AvgIpc) is 2.69. The van der Waals surface area contributed by atoms with Crippen molar-refractivity contribution in [2.75, 3.05) is 34.5 Å². The van der Waals surface area contributed by atoms with E-state index in [0.29, 0.717) is 24.7 Å². The molecule has 138 valence electrons. The highest BCUT2D eigenvalue weighted by atomic mass is 16.5. The molecule has 0 aliphatic rings. The Hall–Kier alpha value is -3.15. The van der Waals surface area contributed by atoms with Crippen LogP contribution in [0.4, 0.5) is 0 Å². The highest BCUT2D eigenvalue weighted by molar-refractivity contribution is 5.91. The van der Waals surface area contributed by atoms with Crippen molar-refractivity contribution in [1.29, 1.82) is 0 Å². The maximum Gasteiger partial charge on any atom is 0.244 e. The van der Waals surface area contributed by atoms with E-state index < -0.39 is 0 Å². The molecule has 0 bridgehead atoms. The SMILES string of the molecule is COc1ccc(OCCNC(=O)/C=C/c2cc(OC)cc(OC)c2)cc1. The van der Waals surface area contributed by atoms with Crippen LogP contribution >= 0.6 is 0 Å². The fourth-order valence-corrected chi connectivity index (χ4v) is 2.17. The number of methoxy groups -OCH3 is 3. The zero-order valence-electron chi connectivity index (χ0n) is 15.2. The highest BCUT2D eigenvalue weighted by Gasteiger charge is 2.01. The third kappa shape index (κ3) is 6.05. The Morgan fingerprint density at radius 2 is 1.46 bits per heavy atom. The molecule has 0 radical (unpaired) electrons. The topological polar surface area (TPSA) is 66.0 Å². The summed E-state index contributed by atoms with van der Waals surface area (Å²) in [4.78, 5) is 11.9. The lowest BCUT2D eigenvalue weighted by Gasteiger charge is -2.07. The predicted molar refractivity (Wildman–Crippen MR) is 100 cm³/mol. The third-order valence-electron chi connectivity index (χ3n) is 3.53. The van der Waals surface area contributed by atoms with E-state index in [-0.39, 0.29) is 5.91 Å². The lowest BCUT2D eigenvalue weighted by atomic mass is 10.2. The van der Waals surface area contributed by atoms with Gasteiger partial charge in [0.25, 0.3) is 0 Å². The quantitative estimate of drug-likeness (QED) is 0.552. The summed E-state index contributed by atoms with van der Waals surface area (Å²) in [5.74, 6) is 2.61. The van der Waals surface area contributed by atoms with Gasteiger partial charge in [-0.3, -0.25) is 4.79 Å². The first-order valence-electron chi connectivity index (χ1n) is 8.10. The van der Waals surface area contributed by atoms with Crippen molar-refractivity contribution in [1.82, 2.24) is 5.32 Å². The molecule has 0 saturated heterocycles. The van der Waals surface area contributed by atoms with Gasteiger partial charge < -0.3 is 24.3 Å². The molecule has 0 fully saturated rings. The van der Waals surface area contributed by atoms with E-state index in [0.717, 1.165) is 17.1 Å². The molecule has 6 nitrogen and oxygen atoms in total. The maximum absolute atomic E-state index is 11.9. The molecule has 0 atom stereocenters. The van der Waals surface area contributed by atoms with E-state index in [1.807, 2.05) is 36.4 Å². The van der Waals surface area contributed by atoms with Gasteiger partial charge in [-0.25, -0.2) is 0 Å². The average molecular weight is 357 g/mol. The normalized spacial score (nSPS) is 10.4. The zero-order chi connectivity index (χ0) is 18.8. The number of rotatable bonds is 9. The van der Waals surface area contributed by atoms with Gasteiger partial charge >= 0.3 is 0 Å². The molecule has 26 heavy (non-hydrogen) atoms. The first kappa shape index (κ1) is 19.2. The molecule has 0 unspecified atom stereocenters. The van der Waals surface area contributed by atoms with Crippen molar-refractivity contribution in [2.45, 2.75) is 0 Å². The molecule has 0 aliphatic heterocycles. The van der Waals surface area contributed by atoms with Crippen LogP contribution in [0.15, 0.2) is 48.5 Å². The van der Waals surface area contributed by atoms with Gasteiger partial charge in [0, 0.05) is 12.1 Å². The largest absolute Gasteiger partial charge is 0.497 e. The molecule has 1 amide bonds. The van der Waals surface area contributed by atoms with Crippen LogP contribution in [0.3, 0.4) is 0 Å². The monoisotopic (exact) mass is 357 g/mol. The second-order valence-electron chi connectivity index (χ2n) is 5.29. The molecule has 1 N–H and O–H groups in total. The summed E-state index contributed by atoms with van der Waals surface area (Å²) in [6.45, 7) is 0.773. The minimum Gasteiger partial charge on any atom is -0.497 e. The number of amides is 1. The summed E-state index contributed by atoms with van der Waals surface area (Å²) in [6, 6.07) is 12.7. The molecule has 2 aromatic rings. The Labute approximate surface area is 153 Å². The Kier molecular flexibility index (Phi) is 7.36. The summed E-state index contributed by atoms with van der Waals surface area (Å²) < 4.78 is 21.0. The number of nitrogens with one attached hydrogen (secondary N) is 1. The number of benzene rings is 2. The summed E-state index contributed by atoms with van der Waals surface area (Å²) in [5, 5.41) is 2.76. The third-order valence-corrected chi connectivity index (χ3v) is 3.53. The van der Waals surface area contributed by atoms with Crippen molar-refractivity contribution >= 4 is 12.0 Å². The van der Waals surface area contributed by atoms with Gasteiger partial charge in [-0.05, 0) is 48.0 Å². The van der Waals surface area contributed by atoms with Gasteiger partial charge in [0.1, 0.15) is 29.6 Å². The Balaban J connectivity index is 1.78. The van der Waals surface area contributed by atoms with E-state index in [1.54, 1.807) is 33.5 Å². The lowest BCUT2D eigenvalue weighted by Crippen LogP contribution is -2.26. The van der Waals surface area contributed by atoms with Crippen LogP contribution in [-0.2, 0) is 4.79 Å². The smallest absolute Gasteiger partial charge is 0.244 e. The fourth-order valence-electron chi connectivity index (χ4n) is 2.17. The van der Waals surface area contributed by atoms with Crippen molar-refractivity contribution in [2.24, 2.45) is 0 Å². The van der Waals surface area contributed by atoms with Crippen molar-refractivity contribution in [3.63, 3.8) is 0 Å². The first-order chi connectivity index (χ1) is 12.6. The van der Waals surface area contributed by atoms with Crippen molar-refractivity contribution in [3.8, 4) is 23.0 Å². The zero-order valence-corrected chi connectivity index (χ0v) is 15.2. The van der Waals surface area contributed by atoms with E-state index in [4.69, 9.17) is 18.9 Å². The minimum atomic E-state index is -0.204. The minimum absolute atomic E-state index is 0.204. The van der Waals surface area contributed by atoms with E-state index in [1.165, 1.54) is 6.08 Å². The molecule has 2 aromatic carbocycles. The molecule has 0 saturated carbocycles. The van der Waals surface area contributed by atoms with E-state index >= 15 is 0 Å². The molecule has 0 spiro atoms. The summed E-state index contributed by atoms with van der Waals surface area (Å²) in [6.07, 6.45) is 3.16. The molecular weight excluding hydrogens is 334 g/mol.